The second-order valence-corrected chi connectivity index (χ2v) is 6.13. The molecule has 0 amide bonds. The van der Waals surface area contributed by atoms with Crippen molar-refractivity contribution in [2.24, 2.45) is 0 Å². The number of fused-ring (bicyclic) bond motifs is 1. The minimum Gasteiger partial charge on any atom is -0.508 e. The lowest BCUT2D eigenvalue weighted by atomic mass is 10.1. The van der Waals surface area contributed by atoms with Gasteiger partial charge in [0.15, 0.2) is 0 Å². The van der Waals surface area contributed by atoms with Crippen LogP contribution in [0.5, 0.6) is 5.75 Å². The normalized spacial score (nSPS) is 12.2. The molecule has 0 saturated carbocycles. The Morgan fingerprint density at radius 3 is 2.24 bits per heavy atom. The highest BCUT2D eigenvalue weighted by Gasteiger charge is 2.17. The predicted molar refractivity (Wildman–Crippen MR) is 66.5 cm³/mol. The van der Waals surface area contributed by atoms with Gasteiger partial charge in [-0.2, -0.15) is 0 Å². The molecule has 2 aromatic rings. The van der Waals surface area contributed by atoms with Crippen LogP contribution in [-0.4, -0.2) is 31.9 Å². The summed E-state index contributed by atoms with van der Waals surface area (Å²) in [5, 5.41) is 10.9. The molecule has 0 aromatic heterocycles. The first kappa shape index (κ1) is 11.9. The summed E-state index contributed by atoms with van der Waals surface area (Å²) in [5.74, 6) is 0.167. The Labute approximate surface area is 100 Å². The first-order valence-corrected chi connectivity index (χ1v) is 6.50. The van der Waals surface area contributed by atoms with Crippen LogP contribution in [0, 0.1) is 0 Å². The van der Waals surface area contributed by atoms with Crippen molar-refractivity contribution in [3.05, 3.63) is 36.4 Å². The number of sulfonamides is 1. The second kappa shape index (κ2) is 4.01. The molecular formula is C12H13NO3S. The number of aromatic hydroxyl groups is 1. The van der Waals surface area contributed by atoms with Gasteiger partial charge in [-0.05, 0) is 35.0 Å². The maximum atomic E-state index is 11.9. The van der Waals surface area contributed by atoms with E-state index in [4.69, 9.17) is 0 Å². The third kappa shape index (κ3) is 2.11. The van der Waals surface area contributed by atoms with Crippen molar-refractivity contribution in [3.63, 3.8) is 0 Å². The molecule has 0 radical (unpaired) electrons. The lowest BCUT2D eigenvalue weighted by Gasteiger charge is -2.11. The average molecular weight is 251 g/mol. The highest BCUT2D eigenvalue weighted by Crippen LogP contribution is 2.23. The van der Waals surface area contributed by atoms with Crippen molar-refractivity contribution >= 4 is 20.8 Å². The highest BCUT2D eigenvalue weighted by atomic mass is 32.2. The molecule has 4 nitrogen and oxygen atoms in total. The molecule has 0 aliphatic carbocycles. The van der Waals surface area contributed by atoms with Crippen molar-refractivity contribution in [1.82, 2.24) is 4.31 Å². The molecular weight excluding hydrogens is 238 g/mol. The molecule has 0 unspecified atom stereocenters. The van der Waals surface area contributed by atoms with Gasteiger partial charge in [0, 0.05) is 14.1 Å². The molecule has 0 fully saturated rings. The van der Waals surface area contributed by atoms with E-state index in [9.17, 15) is 13.5 Å². The van der Waals surface area contributed by atoms with Crippen LogP contribution in [0.1, 0.15) is 0 Å². The fraction of sp³-hybridized carbons (Fsp3) is 0.167. The standard InChI is InChI=1S/C12H13NO3S/c1-13(2)17(15,16)12-6-4-9-7-11(14)5-3-10(9)8-12/h3-8,14H,1-2H3. The Hall–Kier alpha value is -1.59. The van der Waals surface area contributed by atoms with E-state index in [1.54, 1.807) is 24.3 Å². The summed E-state index contributed by atoms with van der Waals surface area (Å²) in [6, 6.07) is 9.65. The maximum absolute atomic E-state index is 11.9. The largest absolute Gasteiger partial charge is 0.508 e. The first-order valence-electron chi connectivity index (χ1n) is 5.06. The predicted octanol–water partition coefficient (Wildman–Crippen LogP) is 1.80. The summed E-state index contributed by atoms with van der Waals surface area (Å²) < 4.78 is 25.0. The van der Waals surface area contributed by atoms with Gasteiger partial charge in [0.05, 0.1) is 4.90 Å². The monoisotopic (exact) mass is 251 g/mol. The Bertz CT molecular complexity index is 663. The zero-order valence-corrected chi connectivity index (χ0v) is 10.4. The highest BCUT2D eigenvalue weighted by molar-refractivity contribution is 7.89. The van der Waals surface area contributed by atoms with Crippen LogP contribution < -0.4 is 0 Å². The van der Waals surface area contributed by atoms with E-state index in [1.807, 2.05) is 0 Å². The fourth-order valence-corrected chi connectivity index (χ4v) is 2.52. The van der Waals surface area contributed by atoms with E-state index in [1.165, 1.54) is 30.5 Å². The minimum absolute atomic E-state index is 0.167. The van der Waals surface area contributed by atoms with Crippen molar-refractivity contribution in [1.29, 1.82) is 0 Å². The summed E-state index contributed by atoms with van der Waals surface area (Å²) in [4.78, 5) is 0.251. The van der Waals surface area contributed by atoms with Gasteiger partial charge >= 0.3 is 0 Å². The molecule has 1 N–H and O–H groups in total. The zero-order valence-electron chi connectivity index (χ0n) is 9.58. The number of nitrogens with zero attached hydrogens (tertiary/aromatic N) is 1. The van der Waals surface area contributed by atoms with E-state index < -0.39 is 10.0 Å². The second-order valence-electron chi connectivity index (χ2n) is 3.98. The van der Waals surface area contributed by atoms with Crippen LogP contribution in [0.3, 0.4) is 0 Å². The van der Waals surface area contributed by atoms with Crippen LogP contribution in [0.2, 0.25) is 0 Å². The quantitative estimate of drug-likeness (QED) is 0.885. The molecule has 0 heterocycles. The smallest absolute Gasteiger partial charge is 0.242 e. The number of phenols is 1. The molecule has 0 spiro atoms. The molecule has 2 aromatic carbocycles. The molecule has 17 heavy (non-hydrogen) atoms. The Balaban J connectivity index is 2.64. The summed E-state index contributed by atoms with van der Waals surface area (Å²) >= 11 is 0. The van der Waals surface area contributed by atoms with Crippen LogP contribution >= 0.6 is 0 Å². The summed E-state index contributed by atoms with van der Waals surface area (Å²) in [6.07, 6.45) is 0. The lowest BCUT2D eigenvalue weighted by Crippen LogP contribution is -2.22. The van der Waals surface area contributed by atoms with E-state index in [0.717, 1.165) is 10.8 Å². The third-order valence-electron chi connectivity index (χ3n) is 2.57. The minimum atomic E-state index is -3.41. The SMILES string of the molecule is CN(C)S(=O)(=O)c1ccc2cc(O)ccc2c1. The average Bonchev–Trinajstić information content (AvgIpc) is 2.28. The van der Waals surface area contributed by atoms with Gasteiger partial charge in [-0.15, -0.1) is 0 Å². The number of phenolic OH excluding ortho intramolecular Hbond substituents is 1. The molecule has 0 saturated heterocycles. The summed E-state index contributed by atoms with van der Waals surface area (Å²) in [6.45, 7) is 0. The number of hydrogen-bond donors (Lipinski definition) is 1. The maximum Gasteiger partial charge on any atom is 0.242 e. The van der Waals surface area contributed by atoms with Gasteiger partial charge in [-0.1, -0.05) is 12.1 Å². The molecule has 0 aliphatic heterocycles. The third-order valence-corrected chi connectivity index (χ3v) is 4.38. The van der Waals surface area contributed by atoms with Crippen molar-refractivity contribution in [2.75, 3.05) is 14.1 Å². The molecule has 0 bridgehead atoms. The first-order chi connectivity index (χ1) is 7.91. The van der Waals surface area contributed by atoms with Crippen LogP contribution in [0.15, 0.2) is 41.3 Å². The topological polar surface area (TPSA) is 57.6 Å². The van der Waals surface area contributed by atoms with Gasteiger partial charge in [-0.3, -0.25) is 0 Å². The number of hydrogen-bond acceptors (Lipinski definition) is 3. The zero-order chi connectivity index (χ0) is 12.6. The Morgan fingerprint density at radius 1 is 1.00 bits per heavy atom. The molecule has 90 valence electrons. The van der Waals surface area contributed by atoms with Gasteiger partial charge in [0.25, 0.3) is 0 Å². The summed E-state index contributed by atoms with van der Waals surface area (Å²) in [7, 11) is -0.415. The Kier molecular flexibility index (Phi) is 2.81. The van der Waals surface area contributed by atoms with Crippen molar-refractivity contribution in [3.8, 4) is 5.75 Å². The van der Waals surface area contributed by atoms with Gasteiger partial charge < -0.3 is 5.11 Å². The van der Waals surface area contributed by atoms with E-state index >= 15 is 0 Å². The van der Waals surface area contributed by atoms with Gasteiger partial charge in [-0.25, -0.2) is 12.7 Å². The van der Waals surface area contributed by atoms with E-state index in [2.05, 4.69) is 0 Å². The van der Waals surface area contributed by atoms with Crippen molar-refractivity contribution in [2.45, 2.75) is 4.90 Å². The van der Waals surface area contributed by atoms with Crippen LogP contribution in [0.25, 0.3) is 10.8 Å². The van der Waals surface area contributed by atoms with Crippen LogP contribution in [0.4, 0.5) is 0 Å². The number of rotatable bonds is 2. The van der Waals surface area contributed by atoms with E-state index in [0.29, 0.717) is 0 Å². The Morgan fingerprint density at radius 2 is 1.59 bits per heavy atom. The fourth-order valence-electron chi connectivity index (χ4n) is 1.58. The lowest BCUT2D eigenvalue weighted by molar-refractivity contribution is 0.476. The summed E-state index contributed by atoms with van der Waals surface area (Å²) in [5.41, 5.74) is 0. The molecule has 0 atom stereocenters. The van der Waals surface area contributed by atoms with Crippen LogP contribution in [-0.2, 0) is 10.0 Å². The van der Waals surface area contributed by atoms with E-state index in [-0.39, 0.29) is 10.6 Å². The molecule has 2 rings (SSSR count). The molecule has 0 aliphatic rings. The van der Waals surface area contributed by atoms with Gasteiger partial charge in [0.1, 0.15) is 5.75 Å². The number of benzene rings is 2. The molecule has 5 heteroatoms. The van der Waals surface area contributed by atoms with Gasteiger partial charge in [0.2, 0.25) is 10.0 Å². The van der Waals surface area contributed by atoms with Crippen molar-refractivity contribution < 1.29 is 13.5 Å².